The Kier molecular flexibility index (Phi) is 5.04. The van der Waals surface area contributed by atoms with E-state index in [9.17, 15) is 4.79 Å². The Morgan fingerprint density at radius 1 is 1.28 bits per heavy atom. The van der Waals surface area contributed by atoms with E-state index < -0.39 is 0 Å². The molecular formula is C15H27NO2. The predicted octanol–water partition coefficient (Wildman–Crippen LogP) is 2.89. The summed E-state index contributed by atoms with van der Waals surface area (Å²) in [6.07, 6.45) is 8.21. The highest BCUT2D eigenvalue weighted by Gasteiger charge is 2.31. The molecule has 0 aromatic carbocycles. The Bertz CT molecular complexity index is 280. The molecule has 1 aliphatic heterocycles. The van der Waals surface area contributed by atoms with Gasteiger partial charge in [0.15, 0.2) is 0 Å². The Balaban J connectivity index is 1.85. The summed E-state index contributed by atoms with van der Waals surface area (Å²) in [7, 11) is 0. The van der Waals surface area contributed by atoms with Gasteiger partial charge >= 0.3 is 5.97 Å². The maximum absolute atomic E-state index is 12.2. The number of rotatable bonds is 3. The van der Waals surface area contributed by atoms with Crippen LogP contribution in [-0.4, -0.2) is 24.7 Å². The minimum Gasteiger partial charge on any atom is -0.461 e. The van der Waals surface area contributed by atoms with Crippen LogP contribution in [0, 0.1) is 11.8 Å². The molecule has 1 saturated carbocycles. The first-order valence-corrected chi connectivity index (χ1v) is 7.64. The van der Waals surface area contributed by atoms with E-state index in [0.29, 0.717) is 11.8 Å². The van der Waals surface area contributed by atoms with Gasteiger partial charge in [0.25, 0.3) is 0 Å². The van der Waals surface area contributed by atoms with Gasteiger partial charge in [0, 0.05) is 0 Å². The van der Waals surface area contributed by atoms with Crippen LogP contribution in [0.3, 0.4) is 0 Å². The van der Waals surface area contributed by atoms with E-state index in [-0.39, 0.29) is 18.1 Å². The van der Waals surface area contributed by atoms with Crippen molar-refractivity contribution in [3.05, 3.63) is 0 Å². The van der Waals surface area contributed by atoms with Gasteiger partial charge in [-0.25, -0.2) is 0 Å². The molecule has 0 aromatic heterocycles. The fourth-order valence-corrected chi connectivity index (χ4v) is 3.31. The Labute approximate surface area is 111 Å². The summed E-state index contributed by atoms with van der Waals surface area (Å²) in [6, 6.07) is -0.0619. The molecule has 1 aliphatic carbocycles. The number of nitrogens with one attached hydrogen (secondary N) is 1. The summed E-state index contributed by atoms with van der Waals surface area (Å²) in [4.78, 5) is 12.2. The van der Waals surface area contributed by atoms with Crippen molar-refractivity contribution < 1.29 is 9.53 Å². The topological polar surface area (TPSA) is 38.3 Å². The van der Waals surface area contributed by atoms with Gasteiger partial charge in [-0.15, -0.1) is 0 Å². The maximum atomic E-state index is 12.2. The molecule has 0 amide bonds. The minimum atomic E-state index is -0.0619. The summed E-state index contributed by atoms with van der Waals surface area (Å²) in [5, 5.41) is 3.30. The average molecular weight is 253 g/mol. The highest BCUT2D eigenvalue weighted by atomic mass is 16.5. The van der Waals surface area contributed by atoms with Crippen molar-refractivity contribution in [1.29, 1.82) is 0 Å². The zero-order chi connectivity index (χ0) is 13.0. The SMILES string of the molecule is CCC1CCCCC1OC(=O)C1CC(C)CCN1. The van der Waals surface area contributed by atoms with Crippen LogP contribution in [0.25, 0.3) is 0 Å². The second kappa shape index (κ2) is 6.55. The molecule has 0 radical (unpaired) electrons. The third-order valence-corrected chi connectivity index (χ3v) is 4.58. The third kappa shape index (κ3) is 3.47. The number of hydrogen-bond acceptors (Lipinski definition) is 3. The molecule has 3 heteroatoms. The molecule has 4 unspecified atom stereocenters. The molecule has 2 rings (SSSR count). The molecule has 0 bridgehead atoms. The zero-order valence-electron chi connectivity index (χ0n) is 11.8. The molecule has 1 heterocycles. The Morgan fingerprint density at radius 2 is 2.06 bits per heavy atom. The number of ether oxygens (including phenoxy) is 1. The highest BCUT2D eigenvalue weighted by Crippen LogP contribution is 2.29. The lowest BCUT2D eigenvalue weighted by molar-refractivity contribution is -0.157. The van der Waals surface area contributed by atoms with E-state index in [2.05, 4.69) is 19.2 Å². The molecule has 0 spiro atoms. The average Bonchev–Trinajstić information content (AvgIpc) is 2.39. The first-order chi connectivity index (χ1) is 8.70. The van der Waals surface area contributed by atoms with Crippen LogP contribution in [0.2, 0.25) is 0 Å². The molecule has 4 atom stereocenters. The smallest absolute Gasteiger partial charge is 0.323 e. The molecule has 18 heavy (non-hydrogen) atoms. The van der Waals surface area contributed by atoms with Gasteiger partial charge in [-0.2, -0.15) is 0 Å². The van der Waals surface area contributed by atoms with Crippen LogP contribution in [0.1, 0.15) is 58.8 Å². The van der Waals surface area contributed by atoms with Gasteiger partial charge in [-0.05, 0) is 56.9 Å². The second-order valence-corrected chi connectivity index (χ2v) is 6.06. The summed E-state index contributed by atoms with van der Waals surface area (Å²) in [5.41, 5.74) is 0. The standard InChI is InChI=1S/C15H27NO2/c1-3-12-6-4-5-7-14(12)18-15(17)13-10-11(2)8-9-16-13/h11-14,16H,3-10H2,1-2H3. The molecule has 104 valence electrons. The van der Waals surface area contributed by atoms with Gasteiger partial charge < -0.3 is 10.1 Å². The van der Waals surface area contributed by atoms with Crippen LogP contribution < -0.4 is 5.32 Å². The van der Waals surface area contributed by atoms with Crippen LogP contribution in [-0.2, 0) is 9.53 Å². The predicted molar refractivity (Wildman–Crippen MR) is 72.3 cm³/mol. The monoisotopic (exact) mass is 253 g/mol. The van der Waals surface area contributed by atoms with Crippen molar-refractivity contribution in [3.8, 4) is 0 Å². The maximum Gasteiger partial charge on any atom is 0.323 e. The van der Waals surface area contributed by atoms with E-state index >= 15 is 0 Å². The van der Waals surface area contributed by atoms with Gasteiger partial charge in [-0.3, -0.25) is 4.79 Å². The van der Waals surface area contributed by atoms with Crippen molar-refractivity contribution in [2.75, 3.05) is 6.54 Å². The fraction of sp³-hybridized carbons (Fsp3) is 0.933. The highest BCUT2D eigenvalue weighted by molar-refractivity contribution is 5.76. The lowest BCUT2D eigenvalue weighted by Gasteiger charge is -2.33. The van der Waals surface area contributed by atoms with Crippen LogP contribution in [0.4, 0.5) is 0 Å². The van der Waals surface area contributed by atoms with E-state index in [0.717, 1.165) is 25.8 Å². The minimum absolute atomic E-state index is 0.00750. The molecule has 0 aromatic rings. The van der Waals surface area contributed by atoms with Crippen molar-refractivity contribution >= 4 is 5.97 Å². The van der Waals surface area contributed by atoms with Crippen LogP contribution in [0.5, 0.6) is 0 Å². The molecule has 1 saturated heterocycles. The molecule has 1 N–H and O–H groups in total. The Morgan fingerprint density at radius 3 is 2.78 bits per heavy atom. The number of hydrogen-bond donors (Lipinski definition) is 1. The second-order valence-electron chi connectivity index (χ2n) is 6.06. The number of esters is 1. The summed E-state index contributed by atoms with van der Waals surface area (Å²) < 4.78 is 5.78. The summed E-state index contributed by atoms with van der Waals surface area (Å²) >= 11 is 0. The van der Waals surface area contributed by atoms with Crippen molar-refractivity contribution in [1.82, 2.24) is 5.32 Å². The zero-order valence-corrected chi connectivity index (χ0v) is 11.8. The van der Waals surface area contributed by atoms with E-state index in [1.165, 1.54) is 25.7 Å². The number of carbonyl (C=O) groups excluding carboxylic acids is 1. The van der Waals surface area contributed by atoms with Gasteiger partial charge in [0.2, 0.25) is 0 Å². The third-order valence-electron chi connectivity index (χ3n) is 4.58. The first-order valence-electron chi connectivity index (χ1n) is 7.64. The van der Waals surface area contributed by atoms with Crippen molar-refractivity contribution in [2.45, 2.75) is 70.9 Å². The lowest BCUT2D eigenvalue weighted by atomic mass is 9.84. The lowest BCUT2D eigenvalue weighted by Crippen LogP contribution is -2.46. The van der Waals surface area contributed by atoms with Crippen molar-refractivity contribution in [3.63, 3.8) is 0 Å². The van der Waals surface area contributed by atoms with Gasteiger partial charge in [-0.1, -0.05) is 20.3 Å². The molecule has 3 nitrogen and oxygen atoms in total. The number of carbonyl (C=O) groups is 1. The normalized spacial score (nSPS) is 37.2. The summed E-state index contributed by atoms with van der Waals surface area (Å²) in [6.45, 7) is 5.37. The van der Waals surface area contributed by atoms with Gasteiger partial charge in [0.1, 0.15) is 12.1 Å². The largest absolute Gasteiger partial charge is 0.461 e. The molecule has 2 fully saturated rings. The van der Waals surface area contributed by atoms with E-state index in [4.69, 9.17) is 4.74 Å². The fourth-order valence-electron chi connectivity index (χ4n) is 3.31. The summed E-state index contributed by atoms with van der Waals surface area (Å²) in [5.74, 6) is 1.22. The van der Waals surface area contributed by atoms with Crippen LogP contribution >= 0.6 is 0 Å². The quantitative estimate of drug-likeness (QED) is 0.786. The first kappa shape index (κ1) is 13.9. The van der Waals surface area contributed by atoms with Crippen molar-refractivity contribution in [2.24, 2.45) is 11.8 Å². The van der Waals surface area contributed by atoms with E-state index in [1.807, 2.05) is 0 Å². The Hall–Kier alpha value is -0.570. The van der Waals surface area contributed by atoms with Gasteiger partial charge in [0.05, 0.1) is 0 Å². The number of piperidine rings is 1. The molecule has 2 aliphatic rings. The van der Waals surface area contributed by atoms with Crippen LogP contribution in [0.15, 0.2) is 0 Å². The van der Waals surface area contributed by atoms with E-state index in [1.54, 1.807) is 0 Å². The molecular weight excluding hydrogens is 226 g/mol.